The van der Waals surface area contributed by atoms with Gasteiger partial charge in [-0.3, -0.25) is 9.89 Å². The van der Waals surface area contributed by atoms with Crippen LogP contribution in [0.1, 0.15) is 41.5 Å². The minimum atomic E-state index is -3.86. The molecule has 200 valence electrons. The molecule has 9 heteroatoms. The first-order valence-electron chi connectivity index (χ1n) is 12.7. The van der Waals surface area contributed by atoms with Gasteiger partial charge < -0.3 is 0 Å². The van der Waals surface area contributed by atoms with Crippen LogP contribution in [-0.4, -0.2) is 42.9 Å². The molecule has 0 unspecified atom stereocenters. The Bertz CT molecular complexity index is 1670. The highest BCUT2D eigenvalue weighted by molar-refractivity contribution is 7.87. The molecule has 0 saturated heterocycles. The first kappa shape index (κ1) is 26.5. The Balaban J connectivity index is 1.57. The van der Waals surface area contributed by atoms with E-state index < -0.39 is 22.1 Å². The molecule has 0 spiro atoms. The lowest BCUT2D eigenvalue weighted by Gasteiger charge is -2.31. The Kier molecular flexibility index (Phi) is 7.45. The summed E-state index contributed by atoms with van der Waals surface area (Å²) in [6.45, 7) is 0. The van der Waals surface area contributed by atoms with Crippen LogP contribution in [0.25, 0.3) is 28.1 Å². The number of halogens is 1. The number of allylic oxidation sites excluding steroid dienone is 1. The second-order valence-corrected chi connectivity index (χ2v) is 11.7. The molecule has 0 aliphatic heterocycles. The third-order valence-electron chi connectivity index (χ3n) is 7.01. The van der Waals surface area contributed by atoms with Crippen molar-refractivity contribution in [1.82, 2.24) is 19.2 Å². The van der Waals surface area contributed by atoms with E-state index in [1.165, 1.54) is 32.2 Å². The number of rotatable bonds is 8. The maximum Gasteiger partial charge on any atom is 0.303 e. The summed E-state index contributed by atoms with van der Waals surface area (Å²) in [4.78, 5) is 12.1. The number of H-pyrrole nitrogens is 1. The second kappa shape index (κ2) is 11.0. The van der Waals surface area contributed by atoms with Crippen molar-refractivity contribution in [3.63, 3.8) is 0 Å². The third kappa shape index (κ3) is 5.69. The first-order valence-corrected chi connectivity index (χ1v) is 14.1. The van der Waals surface area contributed by atoms with E-state index in [2.05, 4.69) is 22.3 Å². The van der Waals surface area contributed by atoms with Crippen molar-refractivity contribution in [2.24, 2.45) is 5.92 Å². The monoisotopic (exact) mass is 544 g/mol. The maximum absolute atomic E-state index is 14.5. The Morgan fingerprint density at radius 1 is 1.00 bits per heavy atom. The number of carbonyl (C=O) groups excluding carboxylic acids is 1. The third-order valence-corrected chi connectivity index (χ3v) is 8.43. The van der Waals surface area contributed by atoms with E-state index in [4.69, 9.17) is 0 Å². The van der Waals surface area contributed by atoms with E-state index in [-0.39, 0.29) is 0 Å². The van der Waals surface area contributed by atoms with E-state index in [0.717, 1.165) is 45.0 Å². The highest BCUT2D eigenvalue weighted by atomic mass is 32.2. The summed E-state index contributed by atoms with van der Waals surface area (Å²) < 4.78 is 41.1. The molecule has 4 aromatic rings. The van der Waals surface area contributed by atoms with Gasteiger partial charge in [0.15, 0.2) is 0 Å². The highest BCUT2D eigenvalue weighted by Crippen LogP contribution is 2.45. The van der Waals surface area contributed by atoms with Crippen LogP contribution in [0, 0.1) is 11.9 Å². The normalized spacial score (nSPS) is 15.0. The predicted octanol–water partition coefficient (Wildman–Crippen LogP) is 5.40. The number of hydrogen-bond donors (Lipinski definition) is 2. The van der Waals surface area contributed by atoms with Crippen molar-refractivity contribution in [1.29, 1.82) is 0 Å². The van der Waals surface area contributed by atoms with E-state index >= 15 is 0 Å². The molecular weight excluding hydrogens is 515 g/mol. The van der Waals surface area contributed by atoms with Gasteiger partial charge in [0.1, 0.15) is 0 Å². The number of nitrogens with zero attached hydrogens (tertiary/aromatic N) is 2. The zero-order valence-corrected chi connectivity index (χ0v) is 22.5. The van der Waals surface area contributed by atoms with Crippen LogP contribution in [-0.2, 0) is 15.0 Å². The van der Waals surface area contributed by atoms with Gasteiger partial charge in [0.2, 0.25) is 5.95 Å². The van der Waals surface area contributed by atoms with Gasteiger partial charge in [0, 0.05) is 20.2 Å². The van der Waals surface area contributed by atoms with Gasteiger partial charge in [-0.05, 0) is 70.4 Å². The van der Waals surface area contributed by atoms with Gasteiger partial charge in [-0.25, -0.2) is 4.72 Å². The predicted molar refractivity (Wildman–Crippen MR) is 152 cm³/mol. The fraction of sp³-hybridized carbons (Fsp3) is 0.200. The number of aromatic amines is 1. The summed E-state index contributed by atoms with van der Waals surface area (Å²) in [5, 5.41) is 6.89. The minimum absolute atomic E-state index is 0.384. The number of fused-ring (bicyclic) bond motifs is 1. The van der Waals surface area contributed by atoms with Gasteiger partial charge in [-0.2, -0.15) is 17.1 Å². The Morgan fingerprint density at radius 2 is 1.69 bits per heavy atom. The van der Waals surface area contributed by atoms with E-state index in [1.807, 2.05) is 65.4 Å². The number of amides is 1. The molecule has 1 heterocycles. The zero-order chi connectivity index (χ0) is 27.6. The van der Waals surface area contributed by atoms with E-state index in [1.54, 1.807) is 6.08 Å². The van der Waals surface area contributed by atoms with E-state index in [0.29, 0.717) is 16.8 Å². The van der Waals surface area contributed by atoms with Crippen molar-refractivity contribution in [2.45, 2.75) is 19.3 Å². The van der Waals surface area contributed by atoms with Crippen LogP contribution in [0.15, 0.2) is 78.9 Å². The van der Waals surface area contributed by atoms with Gasteiger partial charge in [-0.15, -0.1) is 5.10 Å². The number of hydrogen-bond acceptors (Lipinski definition) is 4. The van der Waals surface area contributed by atoms with Crippen LogP contribution in [0.2, 0.25) is 0 Å². The largest absolute Gasteiger partial charge is 0.303 e. The lowest BCUT2D eigenvalue weighted by atomic mass is 9.73. The molecule has 1 amide bonds. The molecule has 0 bridgehead atoms. The van der Waals surface area contributed by atoms with Crippen molar-refractivity contribution in [3.8, 4) is 0 Å². The molecule has 1 saturated carbocycles. The molecule has 2 N–H and O–H groups in total. The SMILES string of the molecule is CN(C)S(=O)(=O)NC(=O)C=Cc1ccc(C(=C(c2ccccc2)C2CCC2)c2ccc3[nH]nc(F)c3c2)cc1. The van der Waals surface area contributed by atoms with Crippen LogP contribution in [0.4, 0.5) is 4.39 Å². The fourth-order valence-electron chi connectivity index (χ4n) is 4.70. The maximum atomic E-state index is 14.5. The number of nitrogens with one attached hydrogen (secondary N) is 2. The van der Waals surface area contributed by atoms with Crippen molar-refractivity contribution >= 4 is 44.2 Å². The standard InChI is InChI=1S/C30H29FN4O3S/c1-35(2)39(37,38)34-27(36)18-13-20-11-14-23(15-12-20)29(24-16-17-26-25(19-24)30(31)33-32-26)28(22-9-6-10-22)21-7-4-3-5-8-21/h3-5,7-8,11-19,22H,6,9-10H2,1-2H3,(H,32,33)(H,34,36). The molecule has 39 heavy (non-hydrogen) atoms. The smallest absolute Gasteiger partial charge is 0.275 e. The Labute approximate surface area is 227 Å². The number of benzene rings is 3. The molecule has 1 aliphatic carbocycles. The first-order chi connectivity index (χ1) is 18.7. The molecule has 1 aliphatic rings. The topological polar surface area (TPSA) is 95.2 Å². The van der Waals surface area contributed by atoms with Gasteiger partial charge in [0.05, 0.1) is 10.9 Å². The van der Waals surface area contributed by atoms with Crippen molar-refractivity contribution < 1.29 is 17.6 Å². The average molecular weight is 545 g/mol. The molecule has 0 atom stereocenters. The van der Waals surface area contributed by atoms with Gasteiger partial charge in [-0.1, -0.05) is 67.1 Å². The van der Waals surface area contributed by atoms with Gasteiger partial charge >= 0.3 is 10.2 Å². The molecule has 5 rings (SSSR count). The zero-order valence-electron chi connectivity index (χ0n) is 21.7. The lowest BCUT2D eigenvalue weighted by molar-refractivity contribution is -0.114. The Morgan fingerprint density at radius 3 is 2.33 bits per heavy atom. The van der Waals surface area contributed by atoms with Crippen LogP contribution >= 0.6 is 0 Å². The lowest BCUT2D eigenvalue weighted by Crippen LogP contribution is -2.38. The number of aromatic nitrogens is 2. The Hall–Kier alpha value is -4.08. The van der Waals surface area contributed by atoms with Crippen molar-refractivity contribution in [2.75, 3.05) is 14.1 Å². The summed E-state index contributed by atoms with van der Waals surface area (Å²) in [5.41, 5.74) is 6.60. The molecular formula is C30H29FN4O3S. The van der Waals surface area contributed by atoms with Crippen LogP contribution in [0.5, 0.6) is 0 Å². The molecule has 3 aromatic carbocycles. The summed E-state index contributed by atoms with van der Waals surface area (Å²) >= 11 is 0. The van der Waals surface area contributed by atoms with Crippen LogP contribution < -0.4 is 4.72 Å². The summed E-state index contributed by atoms with van der Waals surface area (Å²) in [7, 11) is -1.18. The van der Waals surface area contributed by atoms with Crippen molar-refractivity contribution in [3.05, 3.63) is 107 Å². The van der Waals surface area contributed by atoms with E-state index in [9.17, 15) is 17.6 Å². The average Bonchev–Trinajstić information content (AvgIpc) is 3.27. The second-order valence-electron chi connectivity index (χ2n) is 9.77. The van der Waals surface area contributed by atoms with Crippen LogP contribution in [0.3, 0.4) is 0 Å². The fourth-order valence-corrected chi connectivity index (χ4v) is 5.20. The quantitative estimate of drug-likeness (QED) is 0.230. The summed E-state index contributed by atoms with van der Waals surface area (Å²) in [5.74, 6) is -0.888. The highest BCUT2D eigenvalue weighted by Gasteiger charge is 2.27. The molecule has 1 fully saturated rings. The van der Waals surface area contributed by atoms with Gasteiger partial charge in [0.25, 0.3) is 5.91 Å². The molecule has 7 nitrogen and oxygen atoms in total. The summed E-state index contributed by atoms with van der Waals surface area (Å²) in [6, 6.07) is 23.7. The summed E-state index contributed by atoms with van der Waals surface area (Å²) in [6.07, 6.45) is 6.08. The minimum Gasteiger partial charge on any atom is -0.275 e. The molecule has 1 aromatic heterocycles. The molecule has 0 radical (unpaired) electrons. The number of carbonyl (C=O) groups is 1.